The van der Waals surface area contributed by atoms with Crippen molar-refractivity contribution in [3.05, 3.63) is 52.1 Å². The molecule has 2 aromatic carbocycles. The van der Waals surface area contributed by atoms with Crippen molar-refractivity contribution in [1.82, 2.24) is 4.31 Å². The van der Waals surface area contributed by atoms with E-state index in [0.717, 1.165) is 6.07 Å². The van der Waals surface area contributed by atoms with Gasteiger partial charge in [0.2, 0.25) is 10.0 Å². The summed E-state index contributed by atoms with van der Waals surface area (Å²) < 4.78 is 37.4. The van der Waals surface area contributed by atoms with E-state index in [1.165, 1.54) is 35.8 Å². The first kappa shape index (κ1) is 21.5. The maximum atomic E-state index is 13.0. The highest BCUT2D eigenvalue weighted by atomic mass is 32.2. The molecular weight excluding hydrogens is 416 g/mol. The number of benzene rings is 2. The largest absolute Gasteiger partial charge is 0.504 e. The maximum absolute atomic E-state index is 13.0. The lowest BCUT2D eigenvalue weighted by atomic mass is 10.2. The first-order chi connectivity index (χ1) is 14.3. The maximum Gasteiger partial charge on any atom is 0.270 e. The van der Waals surface area contributed by atoms with Gasteiger partial charge in [-0.15, -0.1) is 0 Å². The number of morpholine rings is 1. The molecule has 0 radical (unpaired) electrons. The van der Waals surface area contributed by atoms with Gasteiger partial charge in [-0.3, -0.25) is 15.5 Å². The fourth-order valence-corrected chi connectivity index (χ4v) is 4.39. The number of non-ortho nitro benzene ring substituents is 1. The van der Waals surface area contributed by atoms with Crippen molar-refractivity contribution >= 4 is 27.6 Å². The van der Waals surface area contributed by atoms with Crippen molar-refractivity contribution < 1.29 is 27.9 Å². The molecule has 0 saturated carbocycles. The van der Waals surface area contributed by atoms with E-state index in [9.17, 15) is 23.6 Å². The third-order valence-electron chi connectivity index (χ3n) is 4.37. The lowest BCUT2D eigenvalue weighted by molar-refractivity contribution is -0.385. The second-order valence-corrected chi connectivity index (χ2v) is 8.16. The van der Waals surface area contributed by atoms with Crippen LogP contribution in [0.5, 0.6) is 11.5 Å². The fraction of sp³-hybridized carbons (Fsp3) is 0.278. The molecule has 1 heterocycles. The summed E-state index contributed by atoms with van der Waals surface area (Å²) in [5.41, 5.74) is 2.88. The van der Waals surface area contributed by atoms with Gasteiger partial charge in [0.15, 0.2) is 11.5 Å². The topological polar surface area (TPSA) is 144 Å². The van der Waals surface area contributed by atoms with E-state index in [1.54, 1.807) is 12.1 Å². The lowest BCUT2D eigenvalue weighted by Gasteiger charge is -2.26. The molecule has 0 atom stereocenters. The summed E-state index contributed by atoms with van der Waals surface area (Å²) in [7, 11) is -2.58. The van der Waals surface area contributed by atoms with Crippen LogP contribution in [0.25, 0.3) is 0 Å². The van der Waals surface area contributed by atoms with E-state index >= 15 is 0 Å². The number of ether oxygens (including phenoxy) is 2. The summed E-state index contributed by atoms with van der Waals surface area (Å²) in [6, 6.07) is 8.10. The van der Waals surface area contributed by atoms with Crippen LogP contribution in [-0.4, -0.2) is 62.4 Å². The SMILES string of the molecule is COc1ccc(/C=N/Nc2ccc([N+](=O)[O-])cc2S(=O)(=O)N2CCOCC2)cc1O. The number of sulfonamides is 1. The minimum atomic E-state index is -4.00. The van der Waals surface area contributed by atoms with Crippen LogP contribution in [0.15, 0.2) is 46.4 Å². The molecule has 0 unspecified atom stereocenters. The first-order valence-corrected chi connectivity index (χ1v) is 10.3. The number of phenols is 1. The molecule has 11 nitrogen and oxygen atoms in total. The Morgan fingerprint density at radius 2 is 2.00 bits per heavy atom. The molecule has 0 spiro atoms. The van der Waals surface area contributed by atoms with E-state index in [1.807, 2.05) is 0 Å². The quantitative estimate of drug-likeness (QED) is 0.380. The zero-order chi connectivity index (χ0) is 21.7. The summed E-state index contributed by atoms with van der Waals surface area (Å²) in [4.78, 5) is 10.2. The molecule has 2 aromatic rings. The molecule has 0 aliphatic carbocycles. The Morgan fingerprint density at radius 3 is 2.63 bits per heavy atom. The van der Waals surface area contributed by atoms with E-state index < -0.39 is 14.9 Å². The number of hydrazone groups is 1. The fourth-order valence-electron chi connectivity index (χ4n) is 2.82. The molecule has 1 saturated heterocycles. The van der Waals surface area contributed by atoms with Gasteiger partial charge in [0.1, 0.15) is 4.90 Å². The normalized spacial score (nSPS) is 15.2. The summed E-state index contributed by atoms with van der Waals surface area (Å²) >= 11 is 0. The highest BCUT2D eigenvalue weighted by molar-refractivity contribution is 7.89. The van der Waals surface area contributed by atoms with Crippen LogP contribution in [-0.2, 0) is 14.8 Å². The number of hydrogen-bond acceptors (Lipinski definition) is 9. The number of aromatic hydroxyl groups is 1. The van der Waals surface area contributed by atoms with Gasteiger partial charge in [0, 0.05) is 25.2 Å². The van der Waals surface area contributed by atoms with Crippen molar-refractivity contribution in [3.8, 4) is 11.5 Å². The molecular formula is C18H20N4O7S. The summed E-state index contributed by atoms with van der Waals surface area (Å²) in [6.07, 6.45) is 1.37. The van der Waals surface area contributed by atoms with Crippen molar-refractivity contribution in [2.24, 2.45) is 5.10 Å². The van der Waals surface area contributed by atoms with Gasteiger partial charge in [0.25, 0.3) is 5.69 Å². The Morgan fingerprint density at radius 1 is 1.27 bits per heavy atom. The summed E-state index contributed by atoms with van der Waals surface area (Å²) in [5, 5.41) is 25.0. The van der Waals surface area contributed by atoms with Gasteiger partial charge in [-0.25, -0.2) is 8.42 Å². The standard InChI is InChI=1S/C18H20N4O7S/c1-28-17-5-2-13(10-16(17)23)12-19-20-15-4-3-14(22(24)25)11-18(15)30(26,27)21-6-8-29-9-7-21/h2-5,10-12,20,23H,6-9H2,1H3/b19-12+. The van der Waals surface area contributed by atoms with Crippen LogP contribution in [0.2, 0.25) is 0 Å². The van der Waals surface area contributed by atoms with Gasteiger partial charge in [-0.1, -0.05) is 0 Å². The number of anilines is 1. The number of nitro groups is 1. The molecule has 12 heteroatoms. The highest BCUT2D eigenvalue weighted by Gasteiger charge is 2.30. The minimum absolute atomic E-state index is 0.0765. The predicted octanol–water partition coefficient (Wildman–Crippen LogP) is 1.78. The number of nitro benzene ring substituents is 1. The molecule has 3 rings (SSSR count). The van der Waals surface area contributed by atoms with Gasteiger partial charge in [-0.2, -0.15) is 9.41 Å². The molecule has 1 aliphatic heterocycles. The third-order valence-corrected chi connectivity index (χ3v) is 6.30. The lowest BCUT2D eigenvalue weighted by Crippen LogP contribution is -2.40. The van der Waals surface area contributed by atoms with E-state index in [-0.39, 0.29) is 48.3 Å². The Hall–Kier alpha value is -3.22. The van der Waals surface area contributed by atoms with Crippen molar-refractivity contribution in [3.63, 3.8) is 0 Å². The average molecular weight is 436 g/mol. The van der Waals surface area contributed by atoms with E-state index in [2.05, 4.69) is 10.5 Å². The third kappa shape index (κ3) is 4.67. The van der Waals surface area contributed by atoms with E-state index in [0.29, 0.717) is 11.3 Å². The number of nitrogens with one attached hydrogen (secondary N) is 1. The van der Waals surface area contributed by atoms with Crippen molar-refractivity contribution in [1.29, 1.82) is 0 Å². The Labute approximate surface area is 172 Å². The zero-order valence-electron chi connectivity index (χ0n) is 16.0. The van der Waals surface area contributed by atoms with Crippen LogP contribution in [0, 0.1) is 10.1 Å². The second-order valence-electron chi connectivity index (χ2n) is 6.26. The number of rotatable bonds is 7. The van der Waals surface area contributed by atoms with Gasteiger partial charge >= 0.3 is 0 Å². The van der Waals surface area contributed by atoms with Gasteiger partial charge in [-0.05, 0) is 29.8 Å². The van der Waals surface area contributed by atoms with Crippen LogP contribution >= 0.6 is 0 Å². The monoisotopic (exact) mass is 436 g/mol. The second kappa shape index (κ2) is 9.07. The Kier molecular flexibility index (Phi) is 6.50. The Bertz CT molecular complexity index is 1070. The van der Waals surface area contributed by atoms with Crippen LogP contribution < -0.4 is 10.2 Å². The average Bonchev–Trinajstić information content (AvgIpc) is 2.74. The van der Waals surface area contributed by atoms with Crippen molar-refractivity contribution in [2.75, 3.05) is 38.8 Å². The highest BCUT2D eigenvalue weighted by Crippen LogP contribution is 2.30. The van der Waals surface area contributed by atoms with Gasteiger partial charge < -0.3 is 14.6 Å². The molecule has 1 aliphatic rings. The smallest absolute Gasteiger partial charge is 0.270 e. The molecule has 1 fully saturated rings. The Balaban J connectivity index is 1.90. The van der Waals surface area contributed by atoms with Gasteiger partial charge in [0.05, 0.1) is 37.1 Å². The number of phenolic OH excluding ortho intramolecular Hbond substituents is 1. The van der Waals surface area contributed by atoms with E-state index in [4.69, 9.17) is 9.47 Å². The molecule has 0 bridgehead atoms. The molecule has 30 heavy (non-hydrogen) atoms. The molecule has 0 aromatic heterocycles. The summed E-state index contributed by atoms with van der Waals surface area (Å²) in [5.74, 6) is 0.224. The predicted molar refractivity (Wildman–Crippen MR) is 109 cm³/mol. The molecule has 2 N–H and O–H groups in total. The van der Waals surface area contributed by atoms with Crippen molar-refractivity contribution in [2.45, 2.75) is 4.90 Å². The molecule has 0 amide bonds. The number of methoxy groups -OCH3 is 1. The number of nitrogens with zero attached hydrogens (tertiary/aromatic N) is 3. The summed E-state index contributed by atoms with van der Waals surface area (Å²) in [6.45, 7) is 0.795. The minimum Gasteiger partial charge on any atom is -0.504 e. The first-order valence-electron chi connectivity index (χ1n) is 8.85. The zero-order valence-corrected chi connectivity index (χ0v) is 16.8. The number of hydrogen-bond donors (Lipinski definition) is 2. The van der Waals surface area contributed by atoms with Crippen LogP contribution in [0.3, 0.4) is 0 Å². The van der Waals surface area contributed by atoms with Crippen LogP contribution in [0.4, 0.5) is 11.4 Å². The van der Waals surface area contributed by atoms with Crippen LogP contribution in [0.1, 0.15) is 5.56 Å². The molecule has 160 valence electrons.